The molecule has 0 bridgehead atoms. The van der Waals surface area contributed by atoms with Crippen molar-refractivity contribution in [3.05, 3.63) is 35.4 Å². The van der Waals surface area contributed by atoms with Gasteiger partial charge in [0.15, 0.2) is 11.6 Å². The SMILES string of the molecule is CCC1CN2CCCCC2CN1Cc1ccc(F)c(F)c1. The van der Waals surface area contributed by atoms with Crippen LogP contribution in [0.5, 0.6) is 0 Å². The molecule has 2 heterocycles. The molecule has 116 valence electrons. The third kappa shape index (κ3) is 3.27. The molecule has 1 aromatic carbocycles. The van der Waals surface area contributed by atoms with E-state index in [4.69, 9.17) is 0 Å². The average molecular weight is 294 g/mol. The van der Waals surface area contributed by atoms with Gasteiger partial charge in [-0.05, 0) is 43.5 Å². The Hall–Kier alpha value is -1.00. The van der Waals surface area contributed by atoms with Crippen molar-refractivity contribution < 1.29 is 8.78 Å². The maximum absolute atomic E-state index is 13.4. The zero-order chi connectivity index (χ0) is 14.8. The van der Waals surface area contributed by atoms with Crippen molar-refractivity contribution >= 4 is 0 Å². The first-order chi connectivity index (χ1) is 10.2. The molecule has 0 spiro atoms. The number of nitrogens with zero attached hydrogens (tertiary/aromatic N) is 2. The number of fused-ring (bicyclic) bond motifs is 1. The van der Waals surface area contributed by atoms with Crippen molar-refractivity contribution in [3.63, 3.8) is 0 Å². The summed E-state index contributed by atoms with van der Waals surface area (Å²) < 4.78 is 26.4. The molecule has 1 aromatic rings. The zero-order valence-electron chi connectivity index (χ0n) is 12.7. The van der Waals surface area contributed by atoms with Crippen LogP contribution in [0.2, 0.25) is 0 Å². The van der Waals surface area contributed by atoms with E-state index in [0.717, 1.165) is 31.6 Å². The van der Waals surface area contributed by atoms with Crippen LogP contribution < -0.4 is 0 Å². The van der Waals surface area contributed by atoms with E-state index in [1.807, 2.05) is 0 Å². The smallest absolute Gasteiger partial charge is 0.159 e. The molecule has 21 heavy (non-hydrogen) atoms. The minimum Gasteiger partial charge on any atom is -0.298 e. The highest BCUT2D eigenvalue weighted by Crippen LogP contribution is 2.26. The number of rotatable bonds is 3. The van der Waals surface area contributed by atoms with Crippen LogP contribution in [0.4, 0.5) is 8.78 Å². The van der Waals surface area contributed by atoms with Gasteiger partial charge in [-0.1, -0.05) is 19.4 Å². The lowest BCUT2D eigenvalue weighted by Gasteiger charge is -2.48. The van der Waals surface area contributed by atoms with Crippen molar-refractivity contribution in [2.45, 2.75) is 51.2 Å². The van der Waals surface area contributed by atoms with Crippen molar-refractivity contribution in [3.8, 4) is 0 Å². The second-order valence-corrected chi connectivity index (χ2v) is 6.38. The highest BCUT2D eigenvalue weighted by atomic mass is 19.2. The lowest BCUT2D eigenvalue weighted by Crippen LogP contribution is -2.58. The molecule has 2 saturated heterocycles. The molecule has 0 radical (unpaired) electrons. The van der Waals surface area contributed by atoms with Crippen LogP contribution in [0.15, 0.2) is 18.2 Å². The van der Waals surface area contributed by atoms with Gasteiger partial charge < -0.3 is 0 Å². The van der Waals surface area contributed by atoms with Gasteiger partial charge in [0, 0.05) is 31.7 Å². The third-order valence-electron chi connectivity index (χ3n) is 5.00. The molecule has 2 unspecified atom stereocenters. The van der Waals surface area contributed by atoms with Gasteiger partial charge in [-0.15, -0.1) is 0 Å². The summed E-state index contributed by atoms with van der Waals surface area (Å²) in [5.41, 5.74) is 0.872. The van der Waals surface area contributed by atoms with Gasteiger partial charge >= 0.3 is 0 Å². The number of benzene rings is 1. The number of hydrogen-bond donors (Lipinski definition) is 0. The molecule has 0 aromatic heterocycles. The Morgan fingerprint density at radius 3 is 2.76 bits per heavy atom. The molecule has 2 aliphatic rings. The van der Waals surface area contributed by atoms with E-state index in [0.29, 0.717) is 12.1 Å². The largest absolute Gasteiger partial charge is 0.298 e. The van der Waals surface area contributed by atoms with Crippen LogP contribution >= 0.6 is 0 Å². The van der Waals surface area contributed by atoms with Gasteiger partial charge in [-0.2, -0.15) is 0 Å². The molecule has 2 nitrogen and oxygen atoms in total. The number of piperazine rings is 1. The zero-order valence-corrected chi connectivity index (χ0v) is 12.7. The van der Waals surface area contributed by atoms with Crippen LogP contribution in [0.3, 0.4) is 0 Å². The lowest BCUT2D eigenvalue weighted by atomic mass is 9.95. The van der Waals surface area contributed by atoms with Gasteiger partial charge in [0.1, 0.15) is 0 Å². The first-order valence-corrected chi connectivity index (χ1v) is 8.09. The summed E-state index contributed by atoms with van der Waals surface area (Å²) in [4.78, 5) is 5.08. The van der Waals surface area contributed by atoms with Gasteiger partial charge in [-0.25, -0.2) is 8.78 Å². The second-order valence-electron chi connectivity index (χ2n) is 6.38. The summed E-state index contributed by atoms with van der Waals surface area (Å²) in [5.74, 6) is -1.50. The van der Waals surface area contributed by atoms with E-state index in [-0.39, 0.29) is 0 Å². The van der Waals surface area contributed by atoms with Gasteiger partial charge in [0.2, 0.25) is 0 Å². The first-order valence-electron chi connectivity index (χ1n) is 8.09. The van der Waals surface area contributed by atoms with Crippen LogP contribution in [-0.2, 0) is 6.54 Å². The molecule has 4 heteroatoms. The summed E-state index contributed by atoms with van der Waals surface area (Å²) in [6.07, 6.45) is 5.00. The maximum atomic E-state index is 13.4. The molecule has 0 aliphatic carbocycles. The van der Waals surface area contributed by atoms with E-state index >= 15 is 0 Å². The van der Waals surface area contributed by atoms with E-state index in [1.54, 1.807) is 6.07 Å². The molecule has 2 atom stereocenters. The fraction of sp³-hybridized carbons (Fsp3) is 0.647. The van der Waals surface area contributed by atoms with Crippen molar-refractivity contribution in [2.24, 2.45) is 0 Å². The van der Waals surface area contributed by atoms with Crippen molar-refractivity contribution in [2.75, 3.05) is 19.6 Å². The van der Waals surface area contributed by atoms with E-state index in [9.17, 15) is 8.78 Å². The Morgan fingerprint density at radius 2 is 2.00 bits per heavy atom. The van der Waals surface area contributed by atoms with Gasteiger partial charge in [-0.3, -0.25) is 9.80 Å². The lowest BCUT2D eigenvalue weighted by molar-refractivity contribution is 0.00322. The van der Waals surface area contributed by atoms with Crippen molar-refractivity contribution in [1.29, 1.82) is 0 Å². The predicted molar refractivity (Wildman–Crippen MR) is 80.1 cm³/mol. The quantitative estimate of drug-likeness (QED) is 0.843. The summed E-state index contributed by atoms with van der Waals surface area (Å²) in [6, 6.07) is 5.45. The van der Waals surface area contributed by atoms with Crippen molar-refractivity contribution in [1.82, 2.24) is 9.80 Å². The normalized spacial score (nSPS) is 27.6. The Morgan fingerprint density at radius 1 is 1.14 bits per heavy atom. The summed E-state index contributed by atoms with van der Waals surface area (Å²) >= 11 is 0. The Kier molecular flexibility index (Phi) is 4.55. The highest BCUT2D eigenvalue weighted by Gasteiger charge is 2.33. The minimum atomic E-state index is -0.761. The Bertz CT molecular complexity index is 492. The fourth-order valence-corrected chi connectivity index (χ4v) is 3.77. The molecule has 2 aliphatic heterocycles. The maximum Gasteiger partial charge on any atom is 0.159 e. The van der Waals surface area contributed by atoms with Crippen LogP contribution in [0.1, 0.15) is 38.2 Å². The van der Waals surface area contributed by atoms with Gasteiger partial charge in [0.25, 0.3) is 0 Å². The highest BCUT2D eigenvalue weighted by molar-refractivity contribution is 5.18. The molecular weight excluding hydrogens is 270 g/mol. The molecular formula is C17H24F2N2. The molecule has 0 saturated carbocycles. The number of hydrogen-bond acceptors (Lipinski definition) is 2. The standard InChI is InChI=1S/C17H24F2N2/c1-2-14-11-20-8-4-3-5-15(20)12-21(14)10-13-6-7-16(18)17(19)9-13/h6-7,9,14-15H,2-5,8,10-12H2,1H3. The molecule has 0 amide bonds. The van der Waals surface area contributed by atoms with E-state index in [2.05, 4.69) is 16.7 Å². The summed E-state index contributed by atoms with van der Waals surface area (Å²) in [6.45, 7) is 6.33. The summed E-state index contributed by atoms with van der Waals surface area (Å²) in [5, 5.41) is 0. The number of halogens is 2. The first kappa shape index (κ1) is 14.9. The van der Waals surface area contributed by atoms with Crippen LogP contribution in [-0.4, -0.2) is 41.5 Å². The third-order valence-corrected chi connectivity index (χ3v) is 5.00. The van der Waals surface area contributed by atoms with Crippen LogP contribution in [0.25, 0.3) is 0 Å². The summed E-state index contributed by atoms with van der Waals surface area (Å²) in [7, 11) is 0. The molecule has 0 N–H and O–H groups in total. The van der Waals surface area contributed by atoms with Crippen LogP contribution in [0, 0.1) is 11.6 Å². The van der Waals surface area contributed by atoms with E-state index < -0.39 is 11.6 Å². The number of piperidine rings is 1. The topological polar surface area (TPSA) is 6.48 Å². The minimum absolute atomic E-state index is 0.521. The predicted octanol–water partition coefficient (Wildman–Crippen LogP) is 3.41. The second kappa shape index (κ2) is 6.41. The average Bonchev–Trinajstić information content (AvgIpc) is 2.50. The monoisotopic (exact) mass is 294 g/mol. The van der Waals surface area contributed by atoms with E-state index in [1.165, 1.54) is 37.9 Å². The fourth-order valence-electron chi connectivity index (χ4n) is 3.77. The van der Waals surface area contributed by atoms with Gasteiger partial charge in [0.05, 0.1) is 0 Å². The Labute approximate surface area is 125 Å². The Balaban J connectivity index is 1.71. The molecule has 3 rings (SSSR count). The molecule has 2 fully saturated rings.